The molecule has 35 heavy (non-hydrogen) atoms. The van der Waals surface area contributed by atoms with E-state index in [1.54, 1.807) is 18.2 Å². The van der Waals surface area contributed by atoms with Crippen LogP contribution in [-0.2, 0) is 19.6 Å². The fourth-order valence-electron chi connectivity index (χ4n) is 4.31. The van der Waals surface area contributed by atoms with E-state index in [-0.39, 0.29) is 55.9 Å². The highest BCUT2D eigenvalue weighted by molar-refractivity contribution is 7.89. The van der Waals surface area contributed by atoms with Crippen LogP contribution in [0.4, 0.5) is 14.5 Å². The number of sulfonamides is 1. The van der Waals surface area contributed by atoms with Crippen LogP contribution in [-0.4, -0.2) is 76.4 Å². The molecule has 4 rings (SSSR count). The molecule has 2 saturated heterocycles. The van der Waals surface area contributed by atoms with Gasteiger partial charge in [-0.3, -0.25) is 9.59 Å². The summed E-state index contributed by atoms with van der Waals surface area (Å²) in [6.07, 6.45) is 0.0292. The number of carbonyl (C=O) groups excluding carboxylic acids is 2. The number of nitrogens with zero attached hydrogens (tertiary/aromatic N) is 3. The van der Waals surface area contributed by atoms with Crippen LogP contribution >= 0.6 is 0 Å². The third-order valence-corrected chi connectivity index (χ3v) is 8.13. The zero-order valence-corrected chi connectivity index (χ0v) is 20.1. The minimum atomic E-state index is -4.03. The van der Waals surface area contributed by atoms with Crippen molar-refractivity contribution < 1.29 is 36.3 Å². The molecular weight excluding hydrogens is 484 g/mol. The van der Waals surface area contributed by atoms with Gasteiger partial charge in [0.25, 0.3) is 0 Å². The monoisotopic (exact) mass is 509 g/mol. The molecule has 2 aliphatic rings. The smallest absolute Gasteiger partial charge is 0.243 e. The van der Waals surface area contributed by atoms with Gasteiger partial charge in [0, 0.05) is 45.2 Å². The van der Waals surface area contributed by atoms with E-state index in [2.05, 4.69) is 0 Å². The third-order valence-electron chi connectivity index (χ3n) is 6.23. The van der Waals surface area contributed by atoms with Gasteiger partial charge in [0.05, 0.1) is 30.7 Å². The fourth-order valence-corrected chi connectivity index (χ4v) is 5.74. The minimum Gasteiger partial charge on any atom is -0.497 e. The van der Waals surface area contributed by atoms with E-state index in [0.717, 1.165) is 16.4 Å². The van der Waals surface area contributed by atoms with E-state index in [4.69, 9.17) is 9.47 Å². The number of halogens is 2. The summed E-state index contributed by atoms with van der Waals surface area (Å²) in [4.78, 5) is 28.5. The van der Waals surface area contributed by atoms with E-state index in [1.165, 1.54) is 24.0 Å². The summed E-state index contributed by atoms with van der Waals surface area (Å²) < 4.78 is 64.0. The highest BCUT2D eigenvalue weighted by Crippen LogP contribution is 2.36. The van der Waals surface area contributed by atoms with Crippen LogP contribution in [0.3, 0.4) is 0 Å². The Balaban J connectivity index is 1.41. The summed E-state index contributed by atoms with van der Waals surface area (Å²) in [6, 6.07) is 7.48. The molecule has 0 spiro atoms. The van der Waals surface area contributed by atoms with Crippen LogP contribution in [0.2, 0.25) is 0 Å². The van der Waals surface area contributed by atoms with Gasteiger partial charge in [-0.2, -0.15) is 4.31 Å². The molecule has 0 aromatic heterocycles. The van der Waals surface area contributed by atoms with Crippen molar-refractivity contribution in [3.05, 3.63) is 48.0 Å². The zero-order chi connectivity index (χ0) is 25.3. The van der Waals surface area contributed by atoms with Gasteiger partial charge in [-0.05, 0) is 30.3 Å². The molecule has 188 valence electrons. The van der Waals surface area contributed by atoms with Gasteiger partial charge in [-0.1, -0.05) is 0 Å². The summed E-state index contributed by atoms with van der Waals surface area (Å²) in [7, 11) is -1.03. The Morgan fingerprint density at radius 2 is 1.69 bits per heavy atom. The first-order valence-corrected chi connectivity index (χ1v) is 12.4. The topological polar surface area (TPSA) is 96.5 Å². The quantitative estimate of drug-likeness (QED) is 0.590. The summed E-state index contributed by atoms with van der Waals surface area (Å²) >= 11 is 0. The first-order valence-electron chi connectivity index (χ1n) is 10.9. The number of anilines is 1. The second-order valence-electron chi connectivity index (χ2n) is 8.25. The van der Waals surface area contributed by atoms with Crippen molar-refractivity contribution in [2.75, 3.05) is 51.8 Å². The second kappa shape index (κ2) is 9.78. The molecule has 0 saturated carbocycles. The maximum atomic E-state index is 13.5. The molecule has 2 heterocycles. The van der Waals surface area contributed by atoms with Gasteiger partial charge < -0.3 is 19.3 Å². The SMILES string of the molecule is COc1ccc(N2C[C@H](C(=O)N3CCN(S(=O)(=O)c4ccc(F)c(F)c4)CC3)CC2=O)c(OC)c1. The molecule has 12 heteroatoms. The number of carbonyl (C=O) groups is 2. The summed E-state index contributed by atoms with van der Waals surface area (Å²) in [6.45, 7) is 0.428. The molecule has 0 N–H and O–H groups in total. The molecule has 2 aromatic carbocycles. The predicted octanol–water partition coefficient (Wildman–Crippen LogP) is 1.87. The van der Waals surface area contributed by atoms with Crippen molar-refractivity contribution in [1.29, 1.82) is 0 Å². The summed E-state index contributed by atoms with van der Waals surface area (Å²) in [5.74, 6) is -2.40. The van der Waals surface area contributed by atoms with Crippen molar-refractivity contribution in [3.63, 3.8) is 0 Å². The average molecular weight is 510 g/mol. The molecule has 0 unspecified atom stereocenters. The fraction of sp³-hybridized carbons (Fsp3) is 0.391. The number of ether oxygens (including phenoxy) is 2. The second-order valence-corrected chi connectivity index (χ2v) is 10.2. The minimum absolute atomic E-state index is 0.00372. The molecule has 2 aliphatic heterocycles. The summed E-state index contributed by atoms with van der Waals surface area (Å²) in [5.41, 5.74) is 0.538. The van der Waals surface area contributed by atoms with E-state index in [0.29, 0.717) is 23.3 Å². The van der Waals surface area contributed by atoms with Crippen molar-refractivity contribution in [2.45, 2.75) is 11.3 Å². The predicted molar refractivity (Wildman–Crippen MR) is 122 cm³/mol. The van der Waals surface area contributed by atoms with Crippen molar-refractivity contribution in [1.82, 2.24) is 9.21 Å². The molecule has 2 fully saturated rings. The lowest BCUT2D eigenvalue weighted by Gasteiger charge is -2.35. The first-order chi connectivity index (χ1) is 16.6. The van der Waals surface area contributed by atoms with Crippen LogP contribution in [0.25, 0.3) is 0 Å². The molecule has 0 bridgehead atoms. The van der Waals surface area contributed by atoms with Gasteiger partial charge in [-0.25, -0.2) is 17.2 Å². The Labute approximate surface area is 201 Å². The Morgan fingerprint density at radius 1 is 0.971 bits per heavy atom. The molecule has 1 atom stereocenters. The number of amides is 2. The Kier molecular flexibility index (Phi) is 6.95. The maximum Gasteiger partial charge on any atom is 0.243 e. The van der Waals surface area contributed by atoms with Crippen LogP contribution in [0.15, 0.2) is 41.3 Å². The zero-order valence-electron chi connectivity index (χ0n) is 19.2. The lowest BCUT2D eigenvalue weighted by molar-refractivity contribution is -0.136. The standard InChI is InChI=1S/C23H25F2N3O6S/c1-33-16-3-6-20(21(12-16)34-2)28-14-15(11-22(28)29)23(30)26-7-9-27(10-8-26)35(31,32)17-4-5-18(24)19(25)13-17/h3-6,12-13,15H,7-11,14H2,1-2H3/t15-/m1/s1. The van der Waals surface area contributed by atoms with Gasteiger partial charge in [0.2, 0.25) is 21.8 Å². The van der Waals surface area contributed by atoms with Gasteiger partial charge in [-0.15, -0.1) is 0 Å². The number of methoxy groups -OCH3 is 2. The van der Waals surface area contributed by atoms with Crippen LogP contribution in [0.5, 0.6) is 11.5 Å². The van der Waals surface area contributed by atoms with Crippen molar-refractivity contribution in [2.24, 2.45) is 5.92 Å². The maximum absolute atomic E-state index is 13.5. The van der Waals surface area contributed by atoms with E-state index >= 15 is 0 Å². The van der Waals surface area contributed by atoms with E-state index in [9.17, 15) is 26.8 Å². The Hall–Kier alpha value is -3.25. The number of benzene rings is 2. The van der Waals surface area contributed by atoms with Crippen LogP contribution in [0, 0.1) is 17.6 Å². The van der Waals surface area contributed by atoms with Gasteiger partial charge in [0.1, 0.15) is 11.5 Å². The number of hydrogen-bond acceptors (Lipinski definition) is 6. The first kappa shape index (κ1) is 24.9. The molecule has 0 radical (unpaired) electrons. The van der Waals surface area contributed by atoms with Gasteiger partial charge >= 0.3 is 0 Å². The van der Waals surface area contributed by atoms with Crippen LogP contribution < -0.4 is 14.4 Å². The molecule has 2 amide bonds. The highest BCUT2D eigenvalue weighted by Gasteiger charge is 2.40. The number of piperazine rings is 1. The third kappa shape index (κ3) is 4.80. The number of hydrogen-bond donors (Lipinski definition) is 0. The molecule has 0 aliphatic carbocycles. The number of rotatable bonds is 6. The average Bonchev–Trinajstić information content (AvgIpc) is 3.25. The highest BCUT2D eigenvalue weighted by atomic mass is 32.2. The van der Waals surface area contributed by atoms with Gasteiger partial charge in [0.15, 0.2) is 11.6 Å². The van der Waals surface area contributed by atoms with E-state index < -0.39 is 27.6 Å². The largest absolute Gasteiger partial charge is 0.497 e. The molecule has 9 nitrogen and oxygen atoms in total. The summed E-state index contributed by atoms with van der Waals surface area (Å²) in [5, 5.41) is 0. The lowest BCUT2D eigenvalue weighted by atomic mass is 10.1. The normalized spacial score (nSPS) is 19.2. The van der Waals surface area contributed by atoms with E-state index in [1.807, 2.05) is 0 Å². The Morgan fingerprint density at radius 3 is 2.31 bits per heavy atom. The molecule has 2 aromatic rings. The lowest BCUT2D eigenvalue weighted by Crippen LogP contribution is -2.52. The van der Waals surface area contributed by atoms with Crippen LogP contribution in [0.1, 0.15) is 6.42 Å². The van der Waals surface area contributed by atoms with Crippen molar-refractivity contribution >= 4 is 27.5 Å². The van der Waals surface area contributed by atoms with Crippen molar-refractivity contribution in [3.8, 4) is 11.5 Å². The molecular formula is C23H25F2N3O6S. The Bertz CT molecular complexity index is 1250.